The number of hydrogen-bond donors (Lipinski definition) is 1. The molecule has 0 aliphatic carbocycles. The zero-order valence-electron chi connectivity index (χ0n) is 7.49. The number of hydrogen-bond acceptors (Lipinski definition) is 4. The van der Waals surface area contributed by atoms with Crippen LogP contribution in [0.2, 0.25) is 0 Å². The Hall–Kier alpha value is -1.42. The van der Waals surface area contributed by atoms with Crippen LogP contribution in [0, 0.1) is 0 Å². The Balaban J connectivity index is 2.82. The molecule has 1 rings (SSSR count). The number of carbonyl (C=O) groups excluding carboxylic acids is 1. The van der Waals surface area contributed by atoms with Gasteiger partial charge in [-0.25, -0.2) is 4.79 Å². The number of nitrogens with zero attached hydrogens (tertiary/aromatic N) is 1. The van der Waals surface area contributed by atoms with Gasteiger partial charge in [0.15, 0.2) is 0 Å². The van der Waals surface area contributed by atoms with Crippen LogP contribution in [0.1, 0.15) is 22.8 Å². The molecule has 2 N–H and O–H groups in total. The van der Waals surface area contributed by atoms with Gasteiger partial charge in [0, 0.05) is 18.9 Å². The van der Waals surface area contributed by atoms with E-state index in [-0.39, 0.29) is 5.97 Å². The van der Waals surface area contributed by atoms with E-state index in [4.69, 9.17) is 10.5 Å². The normalized spacial score (nSPS) is 9.69. The Morgan fingerprint density at radius 2 is 2.38 bits per heavy atom. The lowest BCUT2D eigenvalue weighted by Crippen LogP contribution is -2.07. The highest BCUT2D eigenvalue weighted by Crippen LogP contribution is 2.03. The van der Waals surface area contributed by atoms with Gasteiger partial charge in [0.1, 0.15) is 0 Å². The van der Waals surface area contributed by atoms with Gasteiger partial charge in [0.2, 0.25) is 0 Å². The quantitative estimate of drug-likeness (QED) is 0.696. The van der Waals surface area contributed by atoms with E-state index in [9.17, 15) is 4.79 Å². The summed E-state index contributed by atoms with van der Waals surface area (Å²) in [4.78, 5) is 15.1. The van der Waals surface area contributed by atoms with Crippen LogP contribution in [-0.2, 0) is 11.3 Å². The van der Waals surface area contributed by atoms with Crippen LogP contribution in [-0.4, -0.2) is 17.6 Å². The first-order valence-electron chi connectivity index (χ1n) is 4.09. The minimum atomic E-state index is -0.356. The summed E-state index contributed by atoms with van der Waals surface area (Å²) >= 11 is 0. The van der Waals surface area contributed by atoms with Gasteiger partial charge in [0.25, 0.3) is 0 Å². The first-order valence-corrected chi connectivity index (χ1v) is 4.09. The van der Waals surface area contributed by atoms with Crippen molar-refractivity contribution in [2.24, 2.45) is 5.73 Å². The standard InChI is InChI=1S/C9H12N2O2/c1-2-13-9(12)8-3-7(4-10)5-11-6-8/h3,5-6H,2,4,10H2,1H3. The van der Waals surface area contributed by atoms with Crippen molar-refractivity contribution in [3.05, 3.63) is 29.6 Å². The van der Waals surface area contributed by atoms with Crippen molar-refractivity contribution in [2.45, 2.75) is 13.5 Å². The van der Waals surface area contributed by atoms with E-state index in [0.29, 0.717) is 18.7 Å². The molecule has 0 saturated heterocycles. The summed E-state index contributed by atoms with van der Waals surface area (Å²) in [5.74, 6) is -0.356. The van der Waals surface area contributed by atoms with Crippen LogP contribution < -0.4 is 5.73 Å². The number of pyridine rings is 1. The van der Waals surface area contributed by atoms with E-state index in [0.717, 1.165) is 5.56 Å². The number of aromatic nitrogens is 1. The van der Waals surface area contributed by atoms with Crippen LogP contribution in [0.3, 0.4) is 0 Å². The number of nitrogens with two attached hydrogens (primary N) is 1. The fourth-order valence-electron chi connectivity index (χ4n) is 0.925. The molecule has 0 fully saturated rings. The topological polar surface area (TPSA) is 65.2 Å². The molecule has 0 saturated carbocycles. The maximum atomic E-state index is 11.2. The Labute approximate surface area is 76.7 Å². The average Bonchev–Trinajstić information content (AvgIpc) is 2.18. The lowest BCUT2D eigenvalue weighted by molar-refractivity contribution is 0.0526. The minimum Gasteiger partial charge on any atom is -0.462 e. The Kier molecular flexibility index (Phi) is 3.40. The van der Waals surface area contributed by atoms with Crippen LogP contribution >= 0.6 is 0 Å². The Morgan fingerprint density at radius 1 is 1.62 bits per heavy atom. The maximum absolute atomic E-state index is 11.2. The van der Waals surface area contributed by atoms with Crippen molar-refractivity contribution >= 4 is 5.97 Å². The molecular formula is C9H12N2O2. The van der Waals surface area contributed by atoms with Crippen LogP contribution in [0.4, 0.5) is 0 Å². The van der Waals surface area contributed by atoms with Crippen LogP contribution in [0.25, 0.3) is 0 Å². The zero-order valence-corrected chi connectivity index (χ0v) is 7.49. The monoisotopic (exact) mass is 180 g/mol. The molecule has 0 aromatic carbocycles. The summed E-state index contributed by atoms with van der Waals surface area (Å²) in [6.07, 6.45) is 3.10. The lowest BCUT2D eigenvalue weighted by atomic mass is 10.2. The molecule has 1 aromatic rings. The number of ether oxygens (including phenoxy) is 1. The molecule has 0 amide bonds. The molecule has 0 aliphatic heterocycles. The maximum Gasteiger partial charge on any atom is 0.339 e. The van der Waals surface area contributed by atoms with E-state index < -0.39 is 0 Å². The van der Waals surface area contributed by atoms with E-state index >= 15 is 0 Å². The summed E-state index contributed by atoms with van der Waals surface area (Å²) in [6.45, 7) is 2.50. The molecule has 0 atom stereocenters. The summed E-state index contributed by atoms with van der Waals surface area (Å²) in [5, 5.41) is 0. The van der Waals surface area contributed by atoms with Gasteiger partial charge >= 0.3 is 5.97 Å². The fourth-order valence-corrected chi connectivity index (χ4v) is 0.925. The second kappa shape index (κ2) is 4.57. The SMILES string of the molecule is CCOC(=O)c1cncc(CN)c1. The summed E-state index contributed by atoms with van der Waals surface area (Å²) in [7, 11) is 0. The molecule has 0 unspecified atom stereocenters. The molecule has 13 heavy (non-hydrogen) atoms. The summed E-state index contributed by atoms with van der Waals surface area (Å²) in [5.41, 5.74) is 6.67. The predicted octanol–water partition coefficient (Wildman–Crippen LogP) is 0.717. The fraction of sp³-hybridized carbons (Fsp3) is 0.333. The van der Waals surface area contributed by atoms with Crippen molar-refractivity contribution in [1.29, 1.82) is 0 Å². The molecule has 4 nitrogen and oxygen atoms in total. The van der Waals surface area contributed by atoms with Gasteiger partial charge in [-0.1, -0.05) is 0 Å². The van der Waals surface area contributed by atoms with Gasteiger partial charge in [0.05, 0.1) is 12.2 Å². The first kappa shape index (κ1) is 9.67. The van der Waals surface area contributed by atoms with Gasteiger partial charge in [-0.15, -0.1) is 0 Å². The Bertz CT molecular complexity index is 299. The molecule has 0 aliphatic rings. The summed E-state index contributed by atoms with van der Waals surface area (Å²) < 4.78 is 4.81. The lowest BCUT2D eigenvalue weighted by Gasteiger charge is -2.02. The Morgan fingerprint density at radius 3 is 3.00 bits per heavy atom. The van der Waals surface area contributed by atoms with Crippen molar-refractivity contribution < 1.29 is 9.53 Å². The third-order valence-corrected chi connectivity index (χ3v) is 1.54. The predicted molar refractivity (Wildman–Crippen MR) is 48.1 cm³/mol. The molecular weight excluding hydrogens is 168 g/mol. The molecule has 0 bridgehead atoms. The van der Waals surface area contributed by atoms with E-state index in [1.54, 1.807) is 19.2 Å². The molecule has 70 valence electrons. The van der Waals surface area contributed by atoms with Crippen LogP contribution in [0.15, 0.2) is 18.5 Å². The zero-order chi connectivity index (χ0) is 9.68. The molecule has 1 heterocycles. The molecule has 0 radical (unpaired) electrons. The number of rotatable bonds is 3. The second-order valence-electron chi connectivity index (χ2n) is 2.51. The highest BCUT2D eigenvalue weighted by Gasteiger charge is 2.06. The molecule has 1 aromatic heterocycles. The number of esters is 1. The van der Waals surface area contributed by atoms with Crippen molar-refractivity contribution in [3.63, 3.8) is 0 Å². The van der Waals surface area contributed by atoms with Gasteiger partial charge < -0.3 is 10.5 Å². The van der Waals surface area contributed by atoms with Gasteiger partial charge in [-0.2, -0.15) is 0 Å². The largest absolute Gasteiger partial charge is 0.462 e. The van der Waals surface area contributed by atoms with E-state index in [2.05, 4.69) is 4.98 Å². The van der Waals surface area contributed by atoms with Crippen molar-refractivity contribution in [3.8, 4) is 0 Å². The van der Waals surface area contributed by atoms with E-state index in [1.165, 1.54) is 6.20 Å². The highest BCUT2D eigenvalue weighted by atomic mass is 16.5. The molecule has 0 spiro atoms. The second-order valence-corrected chi connectivity index (χ2v) is 2.51. The third kappa shape index (κ3) is 2.52. The highest BCUT2D eigenvalue weighted by molar-refractivity contribution is 5.89. The minimum absolute atomic E-state index is 0.356. The van der Waals surface area contributed by atoms with Crippen LogP contribution in [0.5, 0.6) is 0 Å². The average molecular weight is 180 g/mol. The van der Waals surface area contributed by atoms with Gasteiger partial charge in [-0.05, 0) is 18.6 Å². The molecule has 4 heteroatoms. The van der Waals surface area contributed by atoms with E-state index in [1.807, 2.05) is 0 Å². The smallest absolute Gasteiger partial charge is 0.339 e. The number of carbonyl (C=O) groups is 1. The first-order chi connectivity index (χ1) is 6.27. The summed E-state index contributed by atoms with van der Waals surface area (Å²) in [6, 6.07) is 1.69. The third-order valence-electron chi connectivity index (χ3n) is 1.54. The van der Waals surface area contributed by atoms with Crippen molar-refractivity contribution in [1.82, 2.24) is 4.98 Å². The van der Waals surface area contributed by atoms with Gasteiger partial charge in [-0.3, -0.25) is 4.98 Å². The van der Waals surface area contributed by atoms with Crippen molar-refractivity contribution in [2.75, 3.05) is 6.61 Å².